The van der Waals surface area contributed by atoms with Gasteiger partial charge in [-0.1, -0.05) is 18.7 Å². The van der Waals surface area contributed by atoms with Crippen LogP contribution in [0.5, 0.6) is 0 Å². The maximum absolute atomic E-state index is 12.0. The van der Waals surface area contributed by atoms with E-state index in [2.05, 4.69) is 6.58 Å². The molecule has 0 heterocycles. The van der Waals surface area contributed by atoms with Gasteiger partial charge in [-0.25, -0.2) is 0 Å². The minimum atomic E-state index is -0.697. The molecule has 2 atom stereocenters. The Morgan fingerprint density at radius 1 is 1.43 bits per heavy atom. The number of carbonyl (C=O) groups is 1. The van der Waals surface area contributed by atoms with Crippen molar-refractivity contribution in [1.82, 2.24) is 0 Å². The Bertz CT molecular complexity index is 623. The van der Waals surface area contributed by atoms with Gasteiger partial charge in [-0.2, -0.15) is 0 Å². The van der Waals surface area contributed by atoms with E-state index in [0.717, 1.165) is 11.3 Å². The first kappa shape index (κ1) is 18.6. The zero-order valence-corrected chi connectivity index (χ0v) is 14.2. The van der Waals surface area contributed by atoms with Crippen LogP contribution in [0.2, 0.25) is 0 Å². The van der Waals surface area contributed by atoms with E-state index >= 15 is 0 Å². The highest BCUT2D eigenvalue weighted by Gasteiger charge is 2.28. The Balaban J connectivity index is 3.26. The highest BCUT2D eigenvalue weighted by atomic mass is 16.6. The minimum Gasteiger partial charge on any atom is -0.362 e. The number of likely N-dealkylation sites (N-methyl/N-ethyl adjacent to an activating group) is 1. The molecule has 0 aliphatic carbocycles. The number of hydrogen-bond donors (Lipinski definition) is 0. The van der Waals surface area contributed by atoms with Gasteiger partial charge in [0.15, 0.2) is 5.78 Å². The first-order valence-electron chi connectivity index (χ1n) is 7.70. The lowest BCUT2D eigenvalue weighted by molar-refractivity contribution is -0.520. The van der Waals surface area contributed by atoms with Gasteiger partial charge in [-0.3, -0.25) is 14.9 Å². The predicted molar refractivity (Wildman–Crippen MR) is 94.6 cm³/mol. The molecule has 0 spiro atoms. The summed E-state index contributed by atoms with van der Waals surface area (Å²) in [6.45, 7) is 11.6. The van der Waals surface area contributed by atoms with Crippen molar-refractivity contribution in [1.29, 1.82) is 0 Å². The van der Waals surface area contributed by atoms with Gasteiger partial charge in [0.05, 0.1) is 6.04 Å². The Hall–Kier alpha value is -2.43. The van der Waals surface area contributed by atoms with E-state index in [9.17, 15) is 14.9 Å². The van der Waals surface area contributed by atoms with Gasteiger partial charge >= 0.3 is 0 Å². The first-order chi connectivity index (χ1) is 10.9. The van der Waals surface area contributed by atoms with E-state index in [0.29, 0.717) is 12.1 Å². The minimum absolute atomic E-state index is 0.0723. The molecular weight excluding hydrogens is 292 g/mol. The van der Waals surface area contributed by atoms with Crippen LogP contribution in [0, 0.1) is 10.1 Å². The normalized spacial score (nSPS) is 13.6. The van der Waals surface area contributed by atoms with Crippen molar-refractivity contribution in [2.45, 2.75) is 39.8 Å². The highest BCUT2D eigenvalue weighted by molar-refractivity contribution is 6.05. The molecule has 5 heteroatoms. The highest BCUT2D eigenvalue weighted by Crippen LogP contribution is 2.26. The zero-order valence-electron chi connectivity index (χ0n) is 14.2. The standard InChI is InChI=1S/C18H24N2O3/c1-6-9-18(21)16-10-11-17(15(7-2)12-16)19(8-3)13(4)14(5)20(22)23/h6-7,9-14H,2,8H2,1,3-5H3/b9-6-/t13?,14-/m0/s1. The molecule has 1 unspecified atom stereocenters. The molecule has 0 radical (unpaired) electrons. The van der Waals surface area contributed by atoms with Crippen LogP contribution in [0.25, 0.3) is 6.08 Å². The number of allylic oxidation sites excluding steroid dienone is 2. The van der Waals surface area contributed by atoms with Crippen molar-refractivity contribution >= 4 is 17.5 Å². The third kappa shape index (κ3) is 4.28. The monoisotopic (exact) mass is 316 g/mol. The lowest BCUT2D eigenvalue weighted by atomic mass is 10.0. The summed E-state index contributed by atoms with van der Waals surface area (Å²) in [5.41, 5.74) is 2.22. The molecule has 0 bridgehead atoms. The van der Waals surface area contributed by atoms with Crippen molar-refractivity contribution < 1.29 is 9.72 Å². The lowest BCUT2D eigenvalue weighted by Gasteiger charge is -2.32. The second kappa shape index (κ2) is 8.27. The van der Waals surface area contributed by atoms with Crippen molar-refractivity contribution in [2.24, 2.45) is 0 Å². The third-order valence-corrected chi connectivity index (χ3v) is 4.02. The van der Waals surface area contributed by atoms with Gasteiger partial charge in [-0.05, 0) is 50.6 Å². The SMILES string of the molecule is C=Cc1cc(C(=O)/C=C\C)ccc1N(CC)C(C)[C@H](C)[N+](=O)[O-]. The fraction of sp³-hybridized carbons (Fsp3) is 0.389. The third-order valence-electron chi connectivity index (χ3n) is 4.02. The van der Waals surface area contributed by atoms with Crippen LogP contribution in [0.4, 0.5) is 5.69 Å². The molecule has 5 nitrogen and oxygen atoms in total. The molecule has 0 aliphatic rings. The Kier molecular flexibility index (Phi) is 6.69. The van der Waals surface area contributed by atoms with E-state index in [1.807, 2.05) is 24.8 Å². The van der Waals surface area contributed by atoms with Crippen LogP contribution in [-0.2, 0) is 0 Å². The summed E-state index contributed by atoms with van der Waals surface area (Å²) in [5, 5.41) is 11.1. The summed E-state index contributed by atoms with van der Waals surface area (Å²) in [5.74, 6) is -0.0723. The summed E-state index contributed by atoms with van der Waals surface area (Å²) in [6.07, 6.45) is 4.88. The van der Waals surface area contributed by atoms with E-state index in [-0.39, 0.29) is 16.7 Å². The number of benzene rings is 1. The molecule has 124 valence electrons. The van der Waals surface area contributed by atoms with Crippen LogP contribution >= 0.6 is 0 Å². The van der Waals surface area contributed by atoms with E-state index in [4.69, 9.17) is 0 Å². The van der Waals surface area contributed by atoms with Crippen LogP contribution in [0.3, 0.4) is 0 Å². The van der Waals surface area contributed by atoms with Crippen molar-refractivity contribution in [3.63, 3.8) is 0 Å². The molecule has 0 aliphatic heterocycles. The van der Waals surface area contributed by atoms with Gasteiger partial charge in [-0.15, -0.1) is 0 Å². The smallest absolute Gasteiger partial charge is 0.230 e. The first-order valence-corrected chi connectivity index (χ1v) is 7.70. The lowest BCUT2D eigenvalue weighted by Crippen LogP contribution is -2.44. The van der Waals surface area contributed by atoms with Crippen molar-refractivity contribution in [3.05, 3.63) is 58.2 Å². The van der Waals surface area contributed by atoms with E-state index in [1.165, 1.54) is 6.08 Å². The topological polar surface area (TPSA) is 63.5 Å². The average Bonchev–Trinajstić information content (AvgIpc) is 2.54. The van der Waals surface area contributed by atoms with Crippen LogP contribution < -0.4 is 4.90 Å². The molecular formula is C18H24N2O3. The summed E-state index contributed by atoms with van der Waals surface area (Å²) >= 11 is 0. The summed E-state index contributed by atoms with van der Waals surface area (Å²) < 4.78 is 0. The molecule has 0 fully saturated rings. The second-order valence-electron chi connectivity index (χ2n) is 5.39. The van der Waals surface area contributed by atoms with E-state index in [1.54, 1.807) is 38.1 Å². The van der Waals surface area contributed by atoms with E-state index < -0.39 is 6.04 Å². The number of carbonyl (C=O) groups excluding carboxylic acids is 1. The largest absolute Gasteiger partial charge is 0.362 e. The fourth-order valence-corrected chi connectivity index (χ4v) is 2.49. The zero-order chi connectivity index (χ0) is 17.6. The van der Waals surface area contributed by atoms with Gasteiger partial charge in [0.25, 0.3) is 0 Å². The number of ketones is 1. The fourth-order valence-electron chi connectivity index (χ4n) is 2.49. The maximum atomic E-state index is 12.0. The molecule has 0 saturated heterocycles. The van der Waals surface area contributed by atoms with Crippen LogP contribution in [-0.4, -0.2) is 29.3 Å². The number of rotatable bonds is 8. The molecule has 1 rings (SSSR count). The molecule has 0 amide bonds. The van der Waals surface area contributed by atoms with Gasteiger partial charge in [0.2, 0.25) is 6.04 Å². The average molecular weight is 316 g/mol. The van der Waals surface area contributed by atoms with Gasteiger partial charge < -0.3 is 4.90 Å². The van der Waals surface area contributed by atoms with Gasteiger partial charge in [0, 0.05) is 29.6 Å². The molecule has 0 saturated carbocycles. The quantitative estimate of drug-likeness (QED) is 0.315. The Labute approximate surface area is 137 Å². The number of hydrogen-bond acceptors (Lipinski definition) is 4. The maximum Gasteiger partial charge on any atom is 0.230 e. The van der Waals surface area contributed by atoms with Crippen LogP contribution in [0.15, 0.2) is 36.9 Å². The Morgan fingerprint density at radius 2 is 2.09 bits per heavy atom. The molecule has 0 N–H and O–H groups in total. The number of anilines is 1. The number of nitro groups is 1. The van der Waals surface area contributed by atoms with Crippen LogP contribution in [0.1, 0.15) is 43.6 Å². The molecule has 1 aromatic carbocycles. The predicted octanol–water partition coefficient (Wildman–Crippen LogP) is 3.97. The van der Waals surface area contributed by atoms with Crippen molar-refractivity contribution in [2.75, 3.05) is 11.4 Å². The number of nitrogens with zero attached hydrogens (tertiary/aromatic N) is 2. The summed E-state index contributed by atoms with van der Waals surface area (Å²) in [4.78, 5) is 24.7. The Morgan fingerprint density at radius 3 is 2.57 bits per heavy atom. The molecule has 0 aromatic heterocycles. The molecule has 1 aromatic rings. The summed E-state index contributed by atoms with van der Waals surface area (Å²) in [6, 6.07) is 4.39. The molecule has 23 heavy (non-hydrogen) atoms. The summed E-state index contributed by atoms with van der Waals surface area (Å²) in [7, 11) is 0. The van der Waals surface area contributed by atoms with Crippen molar-refractivity contribution in [3.8, 4) is 0 Å². The van der Waals surface area contributed by atoms with Gasteiger partial charge in [0.1, 0.15) is 0 Å². The second-order valence-corrected chi connectivity index (χ2v) is 5.39.